The molecular weight excluding hydrogens is 398 g/mol. The van der Waals surface area contributed by atoms with Gasteiger partial charge >= 0.3 is 0 Å². The van der Waals surface area contributed by atoms with Gasteiger partial charge in [-0.25, -0.2) is 4.98 Å². The fourth-order valence-corrected chi connectivity index (χ4v) is 3.87. The lowest BCUT2D eigenvalue weighted by atomic mass is 10.1. The molecule has 0 spiro atoms. The predicted octanol–water partition coefficient (Wildman–Crippen LogP) is 3.75. The molecule has 0 fully saturated rings. The maximum Gasteiger partial charge on any atom is 0.214 e. The minimum Gasteiger partial charge on any atom is -0.510 e. The van der Waals surface area contributed by atoms with Crippen LogP contribution < -0.4 is 0 Å². The van der Waals surface area contributed by atoms with Crippen LogP contribution in [0.3, 0.4) is 0 Å². The Labute approximate surface area is 177 Å². The van der Waals surface area contributed by atoms with Crippen molar-refractivity contribution >= 4 is 28.4 Å². The Bertz CT molecular complexity index is 1310. The number of aliphatic hydroxyl groups is 1. The van der Waals surface area contributed by atoms with Crippen molar-refractivity contribution in [3.63, 3.8) is 0 Å². The van der Waals surface area contributed by atoms with Gasteiger partial charge in [0.15, 0.2) is 5.82 Å². The predicted molar refractivity (Wildman–Crippen MR) is 115 cm³/mol. The largest absolute Gasteiger partial charge is 0.510 e. The first kappa shape index (κ1) is 19.7. The Morgan fingerprint density at radius 1 is 1.17 bits per heavy atom. The van der Waals surface area contributed by atoms with E-state index in [1.165, 1.54) is 17.3 Å². The molecule has 2 aromatic heterocycles. The Balaban J connectivity index is 1.62. The molecule has 0 aliphatic rings. The molecule has 8 nitrogen and oxygen atoms in total. The molecule has 0 aliphatic carbocycles. The number of benzene rings is 2. The van der Waals surface area contributed by atoms with Crippen LogP contribution >= 0.6 is 11.8 Å². The Morgan fingerprint density at radius 3 is 2.70 bits per heavy atom. The first-order chi connectivity index (χ1) is 14.5. The fraction of sp³-hybridized carbons (Fsp3) is 0.190. The van der Waals surface area contributed by atoms with E-state index in [0.717, 1.165) is 22.3 Å². The minimum atomic E-state index is -0.0736. The van der Waals surface area contributed by atoms with Crippen molar-refractivity contribution in [2.75, 3.05) is 5.75 Å². The van der Waals surface area contributed by atoms with Crippen LogP contribution in [0.15, 0.2) is 53.4 Å². The van der Waals surface area contributed by atoms with Gasteiger partial charge in [-0.1, -0.05) is 30.0 Å². The van der Waals surface area contributed by atoms with E-state index >= 15 is 0 Å². The molecule has 2 aromatic carbocycles. The summed E-state index contributed by atoms with van der Waals surface area (Å²) in [5.74, 6) is 0.484. The summed E-state index contributed by atoms with van der Waals surface area (Å²) in [4.78, 5) is 4.50. The molecule has 0 unspecified atom stereocenters. The van der Waals surface area contributed by atoms with Crippen LogP contribution in [0.1, 0.15) is 17.0 Å². The van der Waals surface area contributed by atoms with E-state index < -0.39 is 0 Å². The highest BCUT2D eigenvalue weighted by Crippen LogP contribution is 2.26. The summed E-state index contributed by atoms with van der Waals surface area (Å²) in [5.41, 5.74) is 4.94. The summed E-state index contributed by atoms with van der Waals surface area (Å²) < 4.78 is 3.42. The second kappa shape index (κ2) is 8.00. The van der Waals surface area contributed by atoms with Gasteiger partial charge in [-0.3, -0.25) is 0 Å². The van der Waals surface area contributed by atoms with E-state index in [0.29, 0.717) is 11.0 Å². The monoisotopic (exact) mass is 417 g/mol. The van der Waals surface area contributed by atoms with Crippen LogP contribution in [0.2, 0.25) is 0 Å². The standard InChI is InChI=1S/C21H19N7OS/c1-13-8-9-15(10-14(13)2)28-21(24-25-26-28)30-12-19(29)16(11-22)20-23-17-6-4-5-7-18(17)27(20)3/h4-10,29H,12H2,1-3H3/b19-16-. The van der Waals surface area contributed by atoms with Gasteiger partial charge in [-0.15, -0.1) is 5.10 Å². The maximum atomic E-state index is 10.7. The molecule has 0 bridgehead atoms. The van der Waals surface area contributed by atoms with E-state index in [1.807, 2.05) is 63.4 Å². The lowest BCUT2D eigenvalue weighted by molar-refractivity contribution is 0.420. The number of hydrogen-bond acceptors (Lipinski definition) is 7. The summed E-state index contributed by atoms with van der Waals surface area (Å²) in [6.45, 7) is 4.07. The lowest BCUT2D eigenvalue weighted by Crippen LogP contribution is -2.03. The van der Waals surface area contributed by atoms with Crippen LogP contribution in [-0.4, -0.2) is 40.6 Å². The number of imidazole rings is 1. The second-order valence-electron chi connectivity index (χ2n) is 6.85. The molecule has 0 amide bonds. The zero-order valence-electron chi connectivity index (χ0n) is 16.7. The second-order valence-corrected chi connectivity index (χ2v) is 7.79. The molecule has 4 rings (SSSR count). The Hall–Kier alpha value is -3.64. The van der Waals surface area contributed by atoms with Crippen LogP contribution in [0, 0.1) is 25.2 Å². The molecular formula is C21H19N7OS. The highest BCUT2D eigenvalue weighted by molar-refractivity contribution is 7.99. The first-order valence-electron chi connectivity index (χ1n) is 9.22. The number of fused-ring (bicyclic) bond motifs is 1. The van der Waals surface area contributed by atoms with Crippen LogP contribution in [0.5, 0.6) is 0 Å². The number of hydrogen-bond donors (Lipinski definition) is 1. The van der Waals surface area contributed by atoms with Crippen LogP contribution in [-0.2, 0) is 7.05 Å². The SMILES string of the molecule is Cc1ccc(-n2nnnc2SC/C(O)=C(\C#N)c2nc3ccccc3n2C)cc1C. The van der Waals surface area contributed by atoms with Crippen molar-refractivity contribution in [1.29, 1.82) is 5.26 Å². The van der Waals surface area contributed by atoms with E-state index in [1.54, 1.807) is 9.25 Å². The van der Waals surface area contributed by atoms with Crippen molar-refractivity contribution in [3.8, 4) is 11.8 Å². The molecule has 0 saturated heterocycles. The van der Waals surface area contributed by atoms with Crippen LogP contribution in [0.25, 0.3) is 22.3 Å². The summed E-state index contributed by atoms with van der Waals surface area (Å²) in [7, 11) is 1.82. The number of tetrazole rings is 1. The topological polar surface area (TPSA) is 105 Å². The van der Waals surface area contributed by atoms with Crippen molar-refractivity contribution in [2.24, 2.45) is 7.05 Å². The zero-order chi connectivity index (χ0) is 21.3. The number of para-hydroxylation sites is 2. The van der Waals surface area contributed by atoms with Crippen molar-refractivity contribution in [3.05, 3.63) is 65.2 Å². The number of aromatic nitrogens is 6. The van der Waals surface area contributed by atoms with E-state index in [2.05, 4.69) is 26.6 Å². The van der Waals surface area contributed by atoms with Gasteiger partial charge in [-0.2, -0.15) is 9.94 Å². The average molecular weight is 417 g/mol. The van der Waals surface area contributed by atoms with Crippen molar-refractivity contribution < 1.29 is 5.11 Å². The highest BCUT2D eigenvalue weighted by atomic mass is 32.2. The number of allylic oxidation sites excluding steroid dienone is 1. The molecule has 0 saturated carbocycles. The highest BCUT2D eigenvalue weighted by Gasteiger charge is 2.18. The van der Waals surface area contributed by atoms with Gasteiger partial charge in [0.05, 0.1) is 22.5 Å². The van der Waals surface area contributed by atoms with Crippen LogP contribution in [0.4, 0.5) is 0 Å². The quantitative estimate of drug-likeness (QED) is 0.299. The normalized spacial score (nSPS) is 12.1. The molecule has 0 aliphatic heterocycles. The number of rotatable bonds is 5. The molecule has 2 heterocycles. The zero-order valence-corrected chi connectivity index (χ0v) is 17.6. The molecule has 4 aromatic rings. The summed E-state index contributed by atoms with van der Waals surface area (Å²) in [6.07, 6.45) is 0. The third-order valence-electron chi connectivity index (χ3n) is 4.93. The number of thioether (sulfide) groups is 1. The maximum absolute atomic E-state index is 10.7. The van der Waals surface area contributed by atoms with Gasteiger partial charge in [0.1, 0.15) is 17.4 Å². The van der Waals surface area contributed by atoms with E-state index in [-0.39, 0.29) is 17.1 Å². The number of nitrogens with zero attached hydrogens (tertiary/aromatic N) is 7. The Kier molecular flexibility index (Phi) is 5.25. The lowest BCUT2D eigenvalue weighted by Gasteiger charge is -2.07. The molecule has 9 heteroatoms. The Morgan fingerprint density at radius 2 is 1.97 bits per heavy atom. The molecule has 1 N–H and O–H groups in total. The van der Waals surface area contributed by atoms with Gasteiger partial charge in [-0.05, 0) is 59.7 Å². The fourth-order valence-electron chi connectivity index (χ4n) is 3.11. The summed E-state index contributed by atoms with van der Waals surface area (Å²) in [6, 6.07) is 15.6. The number of aryl methyl sites for hydroxylation is 3. The third-order valence-corrected chi connectivity index (χ3v) is 5.86. The van der Waals surface area contributed by atoms with Gasteiger partial charge in [0, 0.05) is 7.05 Å². The smallest absolute Gasteiger partial charge is 0.214 e. The average Bonchev–Trinajstić information content (AvgIpc) is 3.34. The van der Waals surface area contributed by atoms with E-state index in [9.17, 15) is 10.4 Å². The molecule has 30 heavy (non-hydrogen) atoms. The van der Waals surface area contributed by atoms with Crippen molar-refractivity contribution in [2.45, 2.75) is 19.0 Å². The minimum absolute atomic E-state index is 0.0736. The molecule has 150 valence electrons. The van der Waals surface area contributed by atoms with Gasteiger partial charge in [0.25, 0.3) is 0 Å². The summed E-state index contributed by atoms with van der Waals surface area (Å²) >= 11 is 1.25. The number of nitriles is 1. The third kappa shape index (κ3) is 3.53. The molecule has 0 radical (unpaired) electrons. The number of aliphatic hydroxyl groups excluding tert-OH is 1. The van der Waals surface area contributed by atoms with E-state index in [4.69, 9.17) is 0 Å². The van der Waals surface area contributed by atoms with Gasteiger partial charge < -0.3 is 9.67 Å². The first-order valence-corrected chi connectivity index (χ1v) is 10.2. The molecule has 0 atom stereocenters. The van der Waals surface area contributed by atoms with Gasteiger partial charge in [0.2, 0.25) is 5.16 Å². The summed E-state index contributed by atoms with van der Waals surface area (Å²) in [5, 5.41) is 32.7. The van der Waals surface area contributed by atoms with Crippen molar-refractivity contribution in [1.82, 2.24) is 29.8 Å².